The Bertz CT molecular complexity index is 618. The number of anilines is 1. The predicted molar refractivity (Wildman–Crippen MR) is 57.4 cm³/mol. The molecule has 4 N–H and O–H groups in total. The minimum Gasteiger partial charge on any atom is -0.505 e. The summed E-state index contributed by atoms with van der Waals surface area (Å²) >= 11 is 0. The van der Waals surface area contributed by atoms with Crippen LogP contribution in [0.1, 0.15) is 0 Å². The van der Waals surface area contributed by atoms with Crippen LogP contribution in [0, 0.1) is 0 Å². The zero-order valence-corrected chi connectivity index (χ0v) is 8.06. The molecule has 0 unspecified atom stereocenters. The van der Waals surface area contributed by atoms with Gasteiger partial charge in [-0.1, -0.05) is 12.1 Å². The molecular weight excluding hydrogens is 212 g/mol. The van der Waals surface area contributed by atoms with Crippen molar-refractivity contribution < 1.29 is 14.3 Å². The number of nitrogens with two attached hydrogens (primary N) is 1. The first-order chi connectivity index (χ1) is 7.59. The number of fused-ring (bicyclic) bond motifs is 1. The third-order valence-corrected chi connectivity index (χ3v) is 2.03. The smallest absolute Gasteiger partial charge is 0.364 e. The number of hydrogen-bond donors (Lipinski definition) is 3. The number of amides is 2. The van der Waals surface area contributed by atoms with Gasteiger partial charge in [-0.25, -0.2) is 9.59 Å². The Morgan fingerprint density at radius 3 is 2.75 bits per heavy atom. The summed E-state index contributed by atoms with van der Waals surface area (Å²) < 4.78 is 4.89. The van der Waals surface area contributed by atoms with Crippen LogP contribution in [0.4, 0.5) is 10.5 Å². The van der Waals surface area contributed by atoms with Crippen molar-refractivity contribution in [2.45, 2.75) is 0 Å². The number of nitrogens with one attached hydrogen (secondary N) is 1. The Balaban J connectivity index is 2.75. The van der Waals surface area contributed by atoms with Gasteiger partial charge in [0.2, 0.25) is 0 Å². The van der Waals surface area contributed by atoms with E-state index >= 15 is 0 Å². The predicted octanol–water partition coefficient (Wildman–Crippen LogP) is 0.989. The minimum absolute atomic E-state index is 0.236. The van der Waals surface area contributed by atoms with Gasteiger partial charge >= 0.3 is 11.7 Å². The molecule has 0 aliphatic heterocycles. The number of hydrogen-bond acceptors (Lipinski definition) is 4. The second kappa shape index (κ2) is 3.58. The van der Waals surface area contributed by atoms with Crippen molar-refractivity contribution in [3.05, 3.63) is 34.7 Å². The topological polar surface area (TPSA) is 106 Å². The minimum atomic E-state index is -0.946. The highest BCUT2D eigenvalue weighted by molar-refractivity contribution is 5.95. The maximum absolute atomic E-state index is 11.4. The van der Waals surface area contributed by atoms with Crippen molar-refractivity contribution in [2.24, 2.45) is 5.73 Å². The lowest BCUT2D eigenvalue weighted by atomic mass is 10.2. The highest BCUT2D eigenvalue weighted by Gasteiger charge is 2.14. The number of primary amides is 1. The maximum atomic E-state index is 11.4. The highest BCUT2D eigenvalue weighted by Crippen LogP contribution is 2.28. The van der Waals surface area contributed by atoms with Gasteiger partial charge in [0.1, 0.15) is 5.58 Å². The fourth-order valence-electron chi connectivity index (χ4n) is 1.37. The van der Waals surface area contributed by atoms with E-state index in [0.29, 0.717) is 5.39 Å². The quantitative estimate of drug-likeness (QED) is 0.623. The average molecular weight is 220 g/mol. The van der Waals surface area contributed by atoms with Crippen molar-refractivity contribution in [1.29, 1.82) is 0 Å². The molecule has 2 rings (SSSR count). The first-order valence-electron chi connectivity index (χ1n) is 4.41. The summed E-state index contributed by atoms with van der Waals surface area (Å²) in [6.45, 7) is 0. The lowest BCUT2D eigenvalue weighted by Gasteiger charge is -2.05. The number of carbonyl (C=O) groups is 1. The number of urea groups is 1. The van der Waals surface area contributed by atoms with E-state index in [4.69, 9.17) is 10.2 Å². The molecule has 0 bridgehead atoms. The van der Waals surface area contributed by atoms with Crippen LogP contribution in [-0.4, -0.2) is 11.1 Å². The van der Waals surface area contributed by atoms with E-state index in [2.05, 4.69) is 0 Å². The van der Waals surface area contributed by atoms with Crippen LogP contribution in [0.15, 0.2) is 33.5 Å². The molecule has 0 saturated heterocycles. The Morgan fingerprint density at radius 2 is 2.06 bits per heavy atom. The molecule has 6 nitrogen and oxygen atoms in total. The van der Waals surface area contributed by atoms with Crippen molar-refractivity contribution >= 4 is 22.7 Å². The van der Waals surface area contributed by atoms with Crippen molar-refractivity contribution in [1.82, 2.24) is 0 Å². The SMILES string of the molecule is NC(=O)Nc1c(O)c2ccccc2oc1=O. The Kier molecular flexibility index (Phi) is 2.24. The summed E-state index contributed by atoms with van der Waals surface area (Å²) in [4.78, 5) is 22.0. The van der Waals surface area contributed by atoms with E-state index in [1.54, 1.807) is 18.2 Å². The van der Waals surface area contributed by atoms with Crippen molar-refractivity contribution in [2.75, 3.05) is 5.32 Å². The summed E-state index contributed by atoms with van der Waals surface area (Å²) in [7, 11) is 0. The van der Waals surface area contributed by atoms with Gasteiger partial charge in [0.05, 0.1) is 5.39 Å². The summed E-state index contributed by atoms with van der Waals surface area (Å²) in [5.41, 5.74) is 3.89. The van der Waals surface area contributed by atoms with E-state index in [-0.39, 0.29) is 17.0 Å². The third-order valence-electron chi connectivity index (χ3n) is 2.03. The summed E-state index contributed by atoms with van der Waals surface area (Å²) in [5.74, 6) is -0.356. The molecule has 1 aromatic carbocycles. The molecule has 2 aromatic rings. The molecular formula is C10H8N2O4. The highest BCUT2D eigenvalue weighted by atomic mass is 16.4. The van der Waals surface area contributed by atoms with Gasteiger partial charge < -0.3 is 15.3 Å². The van der Waals surface area contributed by atoms with E-state index < -0.39 is 11.7 Å². The van der Waals surface area contributed by atoms with Crippen LogP contribution in [0.5, 0.6) is 5.75 Å². The van der Waals surface area contributed by atoms with Crippen molar-refractivity contribution in [3.63, 3.8) is 0 Å². The van der Waals surface area contributed by atoms with E-state index in [0.717, 1.165) is 0 Å². The molecule has 1 aromatic heterocycles. The van der Waals surface area contributed by atoms with Gasteiger partial charge in [-0.3, -0.25) is 5.32 Å². The van der Waals surface area contributed by atoms with Crippen LogP contribution in [0.2, 0.25) is 0 Å². The summed E-state index contributed by atoms with van der Waals surface area (Å²) in [6, 6.07) is 5.46. The molecule has 2 amide bonds. The normalized spacial score (nSPS) is 10.2. The van der Waals surface area contributed by atoms with Gasteiger partial charge in [0.15, 0.2) is 11.4 Å². The zero-order chi connectivity index (χ0) is 11.7. The third kappa shape index (κ3) is 1.56. The van der Waals surface area contributed by atoms with Gasteiger partial charge in [-0.15, -0.1) is 0 Å². The fourth-order valence-corrected chi connectivity index (χ4v) is 1.37. The standard InChI is InChI=1S/C10H8N2O4/c11-10(15)12-7-8(13)5-3-1-2-4-6(5)16-9(7)14/h1-4,13H,(H3,11,12,15). The first-order valence-corrected chi connectivity index (χ1v) is 4.41. The first kappa shape index (κ1) is 10.0. The molecule has 1 heterocycles. The Labute approximate surface area is 89.3 Å². The Hall–Kier alpha value is -2.50. The maximum Gasteiger partial charge on any atom is 0.364 e. The van der Waals surface area contributed by atoms with E-state index in [1.165, 1.54) is 6.07 Å². The van der Waals surface area contributed by atoms with Crippen molar-refractivity contribution in [3.8, 4) is 5.75 Å². The molecule has 0 fully saturated rings. The molecule has 0 radical (unpaired) electrons. The van der Waals surface area contributed by atoms with Crippen LogP contribution in [0.3, 0.4) is 0 Å². The lowest BCUT2D eigenvalue weighted by molar-refractivity contribution is 0.259. The molecule has 6 heteroatoms. The summed E-state index contributed by atoms with van der Waals surface area (Å²) in [5, 5.41) is 12.1. The average Bonchev–Trinajstić information content (AvgIpc) is 2.24. The van der Waals surface area contributed by atoms with Gasteiger partial charge in [0.25, 0.3) is 0 Å². The number of para-hydroxylation sites is 1. The molecule has 0 aliphatic carbocycles. The van der Waals surface area contributed by atoms with Crippen LogP contribution >= 0.6 is 0 Å². The van der Waals surface area contributed by atoms with Crippen LogP contribution in [0.25, 0.3) is 11.0 Å². The van der Waals surface area contributed by atoms with E-state index in [9.17, 15) is 14.7 Å². The van der Waals surface area contributed by atoms with Gasteiger partial charge in [-0.2, -0.15) is 0 Å². The molecule has 16 heavy (non-hydrogen) atoms. The van der Waals surface area contributed by atoms with Crippen LogP contribution < -0.4 is 16.7 Å². The molecule has 82 valence electrons. The molecule has 0 spiro atoms. The van der Waals surface area contributed by atoms with Gasteiger partial charge in [0, 0.05) is 0 Å². The number of carbonyl (C=O) groups excluding carboxylic acids is 1. The molecule has 0 saturated carbocycles. The largest absolute Gasteiger partial charge is 0.505 e. The zero-order valence-electron chi connectivity index (χ0n) is 8.06. The monoisotopic (exact) mass is 220 g/mol. The second-order valence-electron chi connectivity index (χ2n) is 3.10. The van der Waals surface area contributed by atoms with Crippen LogP contribution in [-0.2, 0) is 0 Å². The molecule has 0 atom stereocenters. The lowest BCUT2D eigenvalue weighted by Crippen LogP contribution is -2.23. The molecule has 0 aliphatic rings. The van der Waals surface area contributed by atoms with E-state index in [1.807, 2.05) is 5.32 Å². The fraction of sp³-hybridized carbons (Fsp3) is 0. The van der Waals surface area contributed by atoms with Gasteiger partial charge in [-0.05, 0) is 12.1 Å². The number of benzene rings is 1. The summed E-state index contributed by atoms with van der Waals surface area (Å²) in [6.07, 6.45) is 0. The number of rotatable bonds is 1. The number of aromatic hydroxyl groups is 1. The Morgan fingerprint density at radius 1 is 1.38 bits per heavy atom. The second-order valence-corrected chi connectivity index (χ2v) is 3.10.